The van der Waals surface area contributed by atoms with Crippen LogP contribution in [-0.2, 0) is 21.2 Å². The molecule has 0 bridgehead atoms. The van der Waals surface area contributed by atoms with E-state index in [9.17, 15) is 13.2 Å². The third-order valence-corrected chi connectivity index (χ3v) is 7.91. The molecule has 0 saturated carbocycles. The van der Waals surface area contributed by atoms with E-state index in [1.165, 1.54) is 28.1 Å². The van der Waals surface area contributed by atoms with Gasteiger partial charge in [0.1, 0.15) is 0 Å². The van der Waals surface area contributed by atoms with Crippen LogP contribution in [0, 0.1) is 0 Å². The highest BCUT2D eigenvalue weighted by atomic mass is 35.5. The molecule has 8 heteroatoms. The van der Waals surface area contributed by atoms with Gasteiger partial charge in [0.15, 0.2) is 0 Å². The largest absolute Gasteiger partial charge is 0.359 e. The standard InChI is InChI=1S/C22H28ClN3O3S/c1-4-25(5-2)30(28,29)18-12-13-19(23)20(14-18)24-22(27)15-26-16(3)10-11-17-8-6-7-9-21(17)26/h6-9,12-14,16H,4-5,10-11,15H2,1-3H3,(H,24,27)/t16-/m1/s1. The van der Waals surface area contributed by atoms with Crippen molar-refractivity contribution in [3.63, 3.8) is 0 Å². The van der Waals surface area contributed by atoms with Crippen molar-refractivity contribution in [1.82, 2.24) is 4.31 Å². The van der Waals surface area contributed by atoms with Gasteiger partial charge in [-0.1, -0.05) is 43.6 Å². The number of benzene rings is 2. The molecule has 0 unspecified atom stereocenters. The number of nitrogens with one attached hydrogen (secondary N) is 1. The van der Waals surface area contributed by atoms with Crippen LogP contribution in [0.5, 0.6) is 0 Å². The molecule has 0 saturated heterocycles. The van der Waals surface area contributed by atoms with E-state index in [1.54, 1.807) is 13.8 Å². The normalized spacial score (nSPS) is 16.4. The Hall–Kier alpha value is -2.09. The van der Waals surface area contributed by atoms with Crippen LogP contribution in [0.4, 0.5) is 11.4 Å². The quantitative estimate of drug-likeness (QED) is 0.689. The topological polar surface area (TPSA) is 69.7 Å². The van der Waals surface area contributed by atoms with Crippen molar-refractivity contribution < 1.29 is 13.2 Å². The molecule has 3 rings (SSSR count). The van der Waals surface area contributed by atoms with Crippen molar-refractivity contribution in [3.8, 4) is 0 Å². The van der Waals surface area contributed by atoms with Crippen molar-refractivity contribution in [3.05, 3.63) is 53.1 Å². The molecule has 30 heavy (non-hydrogen) atoms. The number of carbonyl (C=O) groups is 1. The van der Waals surface area contributed by atoms with Crippen molar-refractivity contribution in [2.24, 2.45) is 0 Å². The van der Waals surface area contributed by atoms with Crippen LogP contribution >= 0.6 is 11.6 Å². The van der Waals surface area contributed by atoms with E-state index in [4.69, 9.17) is 11.6 Å². The summed E-state index contributed by atoms with van der Waals surface area (Å²) in [6.07, 6.45) is 1.97. The molecule has 6 nitrogen and oxygen atoms in total. The Labute approximate surface area is 183 Å². The number of anilines is 2. The van der Waals surface area contributed by atoms with Gasteiger partial charge >= 0.3 is 0 Å². The third kappa shape index (κ3) is 4.63. The SMILES string of the molecule is CCN(CC)S(=O)(=O)c1ccc(Cl)c(NC(=O)CN2c3ccccc3CC[C@H]2C)c1. The Balaban J connectivity index is 1.81. The number of halogens is 1. The average Bonchev–Trinajstić information content (AvgIpc) is 2.72. The van der Waals surface area contributed by atoms with Gasteiger partial charge in [-0.3, -0.25) is 4.79 Å². The van der Waals surface area contributed by atoms with Crippen LogP contribution in [0.3, 0.4) is 0 Å². The molecule has 162 valence electrons. The summed E-state index contributed by atoms with van der Waals surface area (Å²) < 4.78 is 27.0. The molecule has 1 amide bonds. The minimum Gasteiger partial charge on any atom is -0.359 e. The first kappa shape index (κ1) is 22.6. The van der Waals surface area contributed by atoms with E-state index in [0.29, 0.717) is 23.8 Å². The fourth-order valence-corrected chi connectivity index (χ4v) is 5.47. The van der Waals surface area contributed by atoms with Crippen LogP contribution in [0.2, 0.25) is 5.02 Å². The van der Waals surface area contributed by atoms with Crippen molar-refractivity contribution >= 4 is 38.9 Å². The molecule has 1 atom stereocenters. The monoisotopic (exact) mass is 449 g/mol. The fraction of sp³-hybridized carbons (Fsp3) is 0.409. The number of nitrogens with zero attached hydrogens (tertiary/aromatic N) is 2. The number of rotatable bonds is 7. The molecule has 0 aliphatic carbocycles. The first-order valence-electron chi connectivity index (χ1n) is 10.2. The lowest BCUT2D eigenvalue weighted by Gasteiger charge is -2.36. The second kappa shape index (κ2) is 9.37. The minimum absolute atomic E-state index is 0.114. The first-order chi connectivity index (χ1) is 14.3. The molecule has 0 radical (unpaired) electrons. The Bertz CT molecular complexity index is 1020. The summed E-state index contributed by atoms with van der Waals surface area (Å²) >= 11 is 6.25. The second-order valence-corrected chi connectivity index (χ2v) is 9.77. The maximum absolute atomic E-state index is 12.8. The van der Waals surface area contributed by atoms with Gasteiger partial charge in [-0.25, -0.2) is 8.42 Å². The number of aryl methyl sites for hydroxylation is 1. The lowest BCUT2D eigenvalue weighted by molar-refractivity contribution is -0.115. The average molecular weight is 450 g/mol. The minimum atomic E-state index is -3.64. The first-order valence-corrected chi connectivity index (χ1v) is 12.0. The molecule has 1 heterocycles. The summed E-state index contributed by atoms with van der Waals surface area (Å²) in [7, 11) is -3.64. The molecule has 1 N–H and O–H groups in total. The lowest BCUT2D eigenvalue weighted by Crippen LogP contribution is -2.42. The second-order valence-electron chi connectivity index (χ2n) is 7.42. The Kier molecular flexibility index (Phi) is 7.06. The van der Waals surface area contributed by atoms with E-state index in [1.807, 2.05) is 18.2 Å². The number of hydrogen-bond donors (Lipinski definition) is 1. The van der Waals surface area contributed by atoms with E-state index in [-0.39, 0.29) is 23.4 Å². The molecule has 2 aromatic rings. The Morgan fingerprint density at radius 3 is 2.60 bits per heavy atom. The molecule has 0 fully saturated rings. The van der Waals surface area contributed by atoms with E-state index in [0.717, 1.165) is 18.5 Å². The molecule has 1 aliphatic rings. The highest BCUT2D eigenvalue weighted by Crippen LogP contribution is 2.31. The number of amides is 1. The van der Waals surface area contributed by atoms with Gasteiger partial charge in [0.2, 0.25) is 15.9 Å². The van der Waals surface area contributed by atoms with Gasteiger partial charge in [-0.15, -0.1) is 0 Å². The highest BCUT2D eigenvalue weighted by molar-refractivity contribution is 7.89. The third-order valence-electron chi connectivity index (χ3n) is 5.53. The molecule has 0 spiro atoms. The van der Waals surface area contributed by atoms with Crippen molar-refractivity contribution in [2.75, 3.05) is 29.9 Å². The predicted octanol–water partition coefficient (Wildman–Crippen LogP) is 4.15. The van der Waals surface area contributed by atoms with E-state index >= 15 is 0 Å². The van der Waals surface area contributed by atoms with Crippen LogP contribution in [0.15, 0.2) is 47.4 Å². The van der Waals surface area contributed by atoms with Gasteiger partial charge in [-0.2, -0.15) is 4.31 Å². The number of carbonyl (C=O) groups excluding carboxylic acids is 1. The summed E-state index contributed by atoms with van der Waals surface area (Å²) in [5, 5.41) is 3.10. The fourth-order valence-electron chi connectivity index (χ4n) is 3.82. The summed E-state index contributed by atoms with van der Waals surface area (Å²) in [5.41, 5.74) is 2.59. The van der Waals surface area contributed by atoms with Crippen LogP contribution in [-0.4, -0.2) is 44.3 Å². The van der Waals surface area contributed by atoms with Crippen LogP contribution in [0.25, 0.3) is 0 Å². The van der Waals surface area contributed by atoms with Crippen molar-refractivity contribution in [2.45, 2.75) is 44.6 Å². The number of hydrogen-bond acceptors (Lipinski definition) is 4. The Morgan fingerprint density at radius 2 is 1.90 bits per heavy atom. The maximum atomic E-state index is 12.8. The molecule has 2 aromatic carbocycles. The molecule has 0 aromatic heterocycles. The zero-order valence-electron chi connectivity index (χ0n) is 17.6. The van der Waals surface area contributed by atoms with Gasteiger partial charge < -0.3 is 10.2 Å². The van der Waals surface area contributed by atoms with Crippen molar-refractivity contribution in [1.29, 1.82) is 0 Å². The highest BCUT2D eigenvalue weighted by Gasteiger charge is 2.26. The van der Waals surface area contributed by atoms with Gasteiger partial charge in [0.05, 0.1) is 22.2 Å². The van der Waals surface area contributed by atoms with Crippen LogP contribution in [0.1, 0.15) is 32.8 Å². The molecular formula is C22H28ClN3O3S. The van der Waals surface area contributed by atoms with Gasteiger partial charge in [0, 0.05) is 24.8 Å². The number of sulfonamides is 1. The Morgan fingerprint density at radius 1 is 1.20 bits per heavy atom. The maximum Gasteiger partial charge on any atom is 0.243 e. The number of para-hydroxylation sites is 1. The van der Waals surface area contributed by atoms with Crippen LogP contribution < -0.4 is 10.2 Å². The zero-order valence-corrected chi connectivity index (χ0v) is 19.1. The molecule has 1 aliphatic heterocycles. The lowest BCUT2D eigenvalue weighted by atomic mass is 9.96. The zero-order chi connectivity index (χ0) is 21.9. The van der Waals surface area contributed by atoms with E-state index < -0.39 is 10.0 Å². The predicted molar refractivity (Wildman–Crippen MR) is 122 cm³/mol. The van der Waals surface area contributed by atoms with Gasteiger partial charge in [0.25, 0.3) is 0 Å². The summed E-state index contributed by atoms with van der Waals surface area (Å²) in [4.78, 5) is 15.0. The number of fused-ring (bicyclic) bond motifs is 1. The van der Waals surface area contributed by atoms with E-state index in [2.05, 4.69) is 23.2 Å². The summed E-state index contributed by atoms with van der Waals surface area (Å²) in [6, 6.07) is 12.7. The molecular weight excluding hydrogens is 422 g/mol. The summed E-state index contributed by atoms with van der Waals surface area (Å²) in [5.74, 6) is -0.238. The summed E-state index contributed by atoms with van der Waals surface area (Å²) in [6.45, 7) is 6.59. The smallest absolute Gasteiger partial charge is 0.243 e. The van der Waals surface area contributed by atoms with Gasteiger partial charge in [-0.05, 0) is 49.6 Å².